The SMILES string of the molecule is C=C=C(COC(C)=O)[C@@H]1C(C(C#N)(C#N)CC#CCOC(C)=O)=CC2CCC1N2C(=O)OC(C)(C)C. The van der Waals surface area contributed by atoms with Crippen LogP contribution in [-0.4, -0.2) is 53.8 Å². The number of rotatable bonds is 6. The average molecular weight is 494 g/mol. The van der Waals surface area contributed by atoms with Crippen LogP contribution in [0.15, 0.2) is 29.5 Å². The maximum atomic E-state index is 13.1. The van der Waals surface area contributed by atoms with Gasteiger partial charge in [-0.15, -0.1) is 5.73 Å². The Kier molecular flexibility index (Phi) is 9.12. The summed E-state index contributed by atoms with van der Waals surface area (Å²) in [5.41, 5.74) is 1.34. The van der Waals surface area contributed by atoms with Gasteiger partial charge in [0.1, 0.15) is 12.2 Å². The van der Waals surface area contributed by atoms with Gasteiger partial charge in [-0.25, -0.2) is 4.79 Å². The van der Waals surface area contributed by atoms with E-state index in [9.17, 15) is 24.9 Å². The van der Waals surface area contributed by atoms with Gasteiger partial charge in [0.25, 0.3) is 0 Å². The van der Waals surface area contributed by atoms with Gasteiger partial charge in [0.2, 0.25) is 0 Å². The molecule has 2 heterocycles. The summed E-state index contributed by atoms with van der Waals surface area (Å²) in [5, 5.41) is 20.4. The quantitative estimate of drug-likeness (QED) is 0.180. The number of fused-ring (bicyclic) bond motifs is 2. The highest BCUT2D eigenvalue weighted by Crippen LogP contribution is 2.49. The third-order valence-electron chi connectivity index (χ3n) is 5.90. The highest BCUT2D eigenvalue weighted by atomic mass is 16.6. The Hall–Kier alpha value is -3.99. The van der Waals surface area contributed by atoms with Crippen LogP contribution in [0.4, 0.5) is 4.79 Å². The van der Waals surface area contributed by atoms with Crippen molar-refractivity contribution in [1.82, 2.24) is 4.90 Å². The molecule has 0 saturated carbocycles. The summed E-state index contributed by atoms with van der Waals surface area (Å²) in [5.74, 6) is 3.77. The Labute approximate surface area is 212 Å². The molecule has 2 bridgehead atoms. The molecule has 2 aliphatic heterocycles. The van der Waals surface area contributed by atoms with Crippen molar-refractivity contribution in [3.05, 3.63) is 29.5 Å². The van der Waals surface area contributed by atoms with Crippen molar-refractivity contribution in [3.63, 3.8) is 0 Å². The Bertz CT molecular complexity index is 1120. The molecule has 1 saturated heterocycles. The molecule has 0 aromatic heterocycles. The van der Waals surface area contributed by atoms with Crippen LogP contribution in [-0.2, 0) is 23.8 Å². The molecule has 1 fully saturated rings. The third-order valence-corrected chi connectivity index (χ3v) is 5.90. The number of hydrogen-bond acceptors (Lipinski definition) is 8. The number of carbonyl (C=O) groups excluding carboxylic acids is 3. The van der Waals surface area contributed by atoms with Gasteiger partial charge in [0.05, 0.1) is 18.2 Å². The van der Waals surface area contributed by atoms with Crippen LogP contribution in [0.2, 0.25) is 0 Å². The van der Waals surface area contributed by atoms with Crippen LogP contribution in [0.1, 0.15) is 53.9 Å². The second-order valence-corrected chi connectivity index (χ2v) is 9.62. The Morgan fingerprint density at radius 2 is 1.72 bits per heavy atom. The minimum atomic E-state index is -1.66. The fourth-order valence-electron chi connectivity index (χ4n) is 4.44. The van der Waals surface area contributed by atoms with E-state index in [0.717, 1.165) is 0 Å². The molecule has 0 aromatic rings. The molecular weight excluding hydrogens is 462 g/mol. The molecule has 1 amide bonds. The molecule has 0 aromatic carbocycles. The van der Waals surface area contributed by atoms with E-state index in [1.165, 1.54) is 13.8 Å². The van der Waals surface area contributed by atoms with Crippen molar-refractivity contribution < 1.29 is 28.6 Å². The van der Waals surface area contributed by atoms with Crippen LogP contribution in [0.3, 0.4) is 0 Å². The summed E-state index contributed by atoms with van der Waals surface area (Å²) in [6.07, 6.45) is 2.28. The maximum absolute atomic E-state index is 13.1. The number of nitriles is 2. The highest BCUT2D eigenvalue weighted by Gasteiger charge is 2.53. The van der Waals surface area contributed by atoms with Crippen molar-refractivity contribution >= 4 is 18.0 Å². The largest absolute Gasteiger partial charge is 0.461 e. The number of hydrogen-bond donors (Lipinski definition) is 0. The second-order valence-electron chi connectivity index (χ2n) is 9.62. The molecule has 9 nitrogen and oxygen atoms in total. The Morgan fingerprint density at radius 3 is 2.25 bits per heavy atom. The van der Waals surface area contributed by atoms with Gasteiger partial charge < -0.3 is 14.2 Å². The standard InChI is InChI=1S/C27H31N3O6/c1-7-20(15-35-19(3)32)24-22(27(16-28,17-29)12-8-9-13-34-18(2)31)14-21-10-11-23(24)30(21)25(33)36-26(4,5)6/h14,21,23-24H,1,10-13,15H2,2-6H3/t21?,23?,24-/m1/s1. The molecule has 3 atom stereocenters. The first-order valence-corrected chi connectivity index (χ1v) is 11.6. The normalized spacial score (nSPS) is 20.4. The van der Waals surface area contributed by atoms with Crippen LogP contribution < -0.4 is 0 Å². The zero-order chi connectivity index (χ0) is 27.1. The molecule has 36 heavy (non-hydrogen) atoms. The predicted molar refractivity (Wildman–Crippen MR) is 128 cm³/mol. The zero-order valence-electron chi connectivity index (χ0n) is 21.3. The molecule has 2 aliphatic rings. The molecule has 0 N–H and O–H groups in total. The monoisotopic (exact) mass is 493 g/mol. The maximum Gasteiger partial charge on any atom is 0.411 e. The lowest BCUT2D eigenvalue weighted by molar-refractivity contribution is -0.140. The summed E-state index contributed by atoms with van der Waals surface area (Å²) in [4.78, 5) is 37.3. The van der Waals surface area contributed by atoms with Gasteiger partial charge >= 0.3 is 18.0 Å². The summed E-state index contributed by atoms with van der Waals surface area (Å²) in [6.45, 7) is 11.3. The first-order valence-electron chi connectivity index (χ1n) is 11.6. The average Bonchev–Trinajstić information content (AvgIpc) is 3.11. The van der Waals surface area contributed by atoms with Crippen molar-refractivity contribution in [2.24, 2.45) is 11.3 Å². The molecule has 9 heteroatoms. The van der Waals surface area contributed by atoms with E-state index >= 15 is 0 Å². The first-order chi connectivity index (χ1) is 16.9. The molecule has 0 aliphatic carbocycles. The van der Waals surface area contributed by atoms with Crippen molar-refractivity contribution in [1.29, 1.82) is 10.5 Å². The van der Waals surface area contributed by atoms with E-state index in [0.29, 0.717) is 24.0 Å². The summed E-state index contributed by atoms with van der Waals surface area (Å²) in [6, 6.07) is 3.39. The number of esters is 2. The topological polar surface area (TPSA) is 130 Å². The molecule has 0 radical (unpaired) electrons. The first kappa shape index (κ1) is 28.2. The summed E-state index contributed by atoms with van der Waals surface area (Å²) in [7, 11) is 0. The van der Waals surface area contributed by atoms with E-state index in [-0.39, 0.29) is 25.7 Å². The van der Waals surface area contributed by atoms with Gasteiger partial charge in [-0.2, -0.15) is 10.5 Å². The smallest absolute Gasteiger partial charge is 0.411 e. The highest BCUT2D eigenvalue weighted by molar-refractivity contribution is 5.71. The Morgan fingerprint density at radius 1 is 1.08 bits per heavy atom. The van der Waals surface area contributed by atoms with Gasteiger partial charge in [0, 0.05) is 37.8 Å². The predicted octanol–water partition coefficient (Wildman–Crippen LogP) is 3.58. The fraction of sp³-hybridized carbons (Fsp3) is 0.556. The fourth-order valence-corrected chi connectivity index (χ4v) is 4.44. The Balaban J connectivity index is 2.57. The van der Waals surface area contributed by atoms with Crippen LogP contribution in [0.25, 0.3) is 0 Å². The van der Waals surface area contributed by atoms with Gasteiger partial charge in [-0.05, 0) is 39.2 Å². The minimum Gasteiger partial charge on any atom is -0.461 e. The molecular formula is C27H31N3O6. The molecule has 2 rings (SSSR count). The van der Waals surface area contributed by atoms with E-state index in [4.69, 9.17) is 14.2 Å². The molecule has 0 spiro atoms. The van der Waals surface area contributed by atoms with E-state index < -0.39 is 41.0 Å². The lowest BCUT2D eigenvalue weighted by atomic mass is 9.68. The van der Waals surface area contributed by atoms with Crippen LogP contribution in [0, 0.1) is 45.8 Å². The number of carbonyl (C=O) groups is 3. The third kappa shape index (κ3) is 6.57. The van der Waals surface area contributed by atoms with Gasteiger partial charge in [-0.3, -0.25) is 14.5 Å². The van der Waals surface area contributed by atoms with Crippen molar-refractivity contribution in [3.8, 4) is 24.0 Å². The van der Waals surface area contributed by atoms with Crippen molar-refractivity contribution in [2.45, 2.75) is 71.6 Å². The van der Waals surface area contributed by atoms with Crippen LogP contribution in [0.5, 0.6) is 0 Å². The van der Waals surface area contributed by atoms with Crippen molar-refractivity contribution in [2.75, 3.05) is 13.2 Å². The van der Waals surface area contributed by atoms with E-state index in [2.05, 4.69) is 36.3 Å². The molecule has 190 valence electrons. The minimum absolute atomic E-state index is 0.145. The lowest BCUT2D eigenvalue weighted by Crippen LogP contribution is -2.51. The summed E-state index contributed by atoms with van der Waals surface area (Å²) >= 11 is 0. The van der Waals surface area contributed by atoms with E-state index in [1.807, 2.05) is 0 Å². The lowest BCUT2D eigenvalue weighted by Gasteiger charge is -2.43. The van der Waals surface area contributed by atoms with Gasteiger partial charge in [-0.1, -0.05) is 24.5 Å². The second kappa shape index (κ2) is 11.6. The van der Waals surface area contributed by atoms with Gasteiger partial charge in [0.15, 0.2) is 12.0 Å². The van der Waals surface area contributed by atoms with Crippen LogP contribution >= 0.6 is 0 Å². The number of amides is 1. The summed E-state index contributed by atoms with van der Waals surface area (Å²) < 4.78 is 15.7. The molecule has 2 unspecified atom stereocenters. The number of nitrogens with zero attached hydrogens (tertiary/aromatic N) is 3. The van der Waals surface area contributed by atoms with E-state index in [1.54, 1.807) is 31.7 Å². The number of ether oxygens (including phenoxy) is 3. The zero-order valence-corrected chi connectivity index (χ0v) is 21.3.